The molecule has 4 heteroatoms. The van der Waals surface area contributed by atoms with Crippen molar-refractivity contribution in [3.63, 3.8) is 0 Å². The van der Waals surface area contributed by atoms with Crippen molar-refractivity contribution >= 4 is 12.4 Å². The van der Waals surface area contributed by atoms with Crippen LogP contribution in [0, 0.1) is 5.92 Å². The van der Waals surface area contributed by atoms with Gasteiger partial charge in [0.25, 0.3) is 0 Å². The molecule has 0 amide bonds. The molecule has 1 heterocycles. The molecule has 0 aromatic heterocycles. The molecular formula is C5H10ClF2N. The molecule has 9 heavy (non-hydrogen) atoms. The average molecular weight is 158 g/mol. The first-order valence-electron chi connectivity index (χ1n) is 2.78. The number of nitrogens with one attached hydrogen (secondary N) is 1. The van der Waals surface area contributed by atoms with Crippen molar-refractivity contribution < 1.29 is 8.78 Å². The third kappa shape index (κ3) is 2.96. The fraction of sp³-hybridized carbons (Fsp3) is 1.00. The predicted molar refractivity (Wildman–Crippen MR) is 34.2 cm³/mol. The van der Waals surface area contributed by atoms with E-state index in [0.29, 0.717) is 0 Å². The van der Waals surface area contributed by atoms with Crippen LogP contribution in [0.2, 0.25) is 0 Å². The normalized spacial score (nSPS) is 19.0. The van der Waals surface area contributed by atoms with E-state index in [1.165, 1.54) is 0 Å². The molecule has 0 saturated carbocycles. The summed E-state index contributed by atoms with van der Waals surface area (Å²) in [5, 5.41) is 2.93. The van der Waals surface area contributed by atoms with Crippen molar-refractivity contribution in [2.75, 3.05) is 13.1 Å². The summed E-state index contributed by atoms with van der Waals surface area (Å²) < 4.78 is 23.0. The number of halogens is 3. The second-order valence-electron chi connectivity index (χ2n) is 2.15. The van der Waals surface area contributed by atoms with Gasteiger partial charge in [0.05, 0.1) is 0 Å². The summed E-state index contributed by atoms with van der Waals surface area (Å²) in [5.41, 5.74) is 0. The van der Waals surface area contributed by atoms with Gasteiger partial charge in [0.15, 0.2) is 0 Å². The molecule has 0 bridgehead atoms. The quantitative estimate of drug-likeness (QED) is 0.637. The van der Waals surface area contributed by atoms with Gasteiger partial charge >= 0.3 is 0 Å². The molecule has 1 fully saturated rings. The Bertz CT molecular complexity index is 75.4. The lowest BCUT2D eigenvalue weighted by Gasteiger charge is -2.26. The second kappa shape index (κ2) is 4.01. The van der Waals surface area contributed by atoms with E-state index in [4.69, 9.17) is 0 Å². The van der Waals surface area contributed by atoms with Gasteiger partial charge in [-0.1, -0.05) is 0 Å². The van der Waals surface area contributed by atoms with Gasteiger partial charge in [0, 0.05) is 6.42 Å². The largest absolute Gasteiger partial charge is 0.316 e. The maximum absolute atomic E-state index is 11.5. The Morgan fingerprint density at radius 1 is 1.44 bits per heavy atom. The highest BCUT2D eigenvalue weighted by molar-refractivity contribution is 5.85. The van der Waals surface area contributed by atoms with E-state index in [9.17, 15) is 8.78 Å². The van der Waals surface area contributed by atoms with Crippen LogP contribution in [-0.2, 0) is 0 Å². The van der Waals surface area contributed by atoms with E-state index in [0.717, 1.165) is 13.1 Å². The molecule has 0 radical (unpaired) electrons. The molecule has 1 rings (SSSR count). The zero-order valence-electron chi connectivity index (χ0n) is 4.94. The van der Waals surface area contributed by atoms with Crippen LogP contribution in [0.3, 0.4) is 0 Å². The van der Waals surface area contributed by atoms with Gasteiger partial charge in [-0.15, -0.1) is 12.4 Å². The standard InChI is InChI=1S/C5H9F2N.ClH/c6-5(7)1-4-2-8-3-4;/h4-5,8H,1-3H2;1H. The van der Waals surface area contributed by atoms with Crippen LogP contribution in [0.15, 0.2) is 0 Å². The third-order valence-corrected chi connectivity index (χ3v) is 1.38. The lowest BCUT2D eigenvalue weighted by Crippen LogP contribution is -2.42. The fourth-order valence-electron chi connectivity index (χ4n) is 0.767. The van der Waals surface area contributed by atoms with E-state index in [-0.39, 0.29) is 24.7 Å². The number of hydrogen-bond acceptors (Lipinski definition) is 1. The highest BCUT2D eigenvalue weighted by Crippen LogP contribution is 2.13. The van der Waals surface area contributed by atoms with E-state index in [1.807, 2.05) is 0 Å². The number of hydrogen-bond donors (Lipinski definition) is 1. The van der Waals surface area contributed by atoms with Gasteiger partial charge in [-0.05, 0) is 19.0 Å². The van der Waals surface area contributed by atoms with Crippen LogP contribution in [0.25, 0.3) is 0 Å². The second-order valence-corrected chi connectivity index (χ2v) is 2.15. The molecule has 0 unspecified atom stereocenters. The molecule has 0 atom stereocenters. The summed E-state index contributed by atoms with van der Waals surface area (Å²) in [5.74, 6) is 0.245. The van der Waals surface area contributed by atoms with Crippen molar-refractivity contribution in [1.29, 1.82) is 0 Å². The Labute approximate surface area is 59.2 Å². The van der Waals surface area contributed by atoms with Crippen LogP contribution in [0.1, 0.15) is 6.42 Å². The molecule has 0 aromatic rings. The van der Waals surface area contributed by atoms with Crippen LogP contribution in [-0.4, -0.2) is 19.5 Å². The van der Waals surface area contributed by atoms with Gasteiger partial charge in [-0.25, -0.2) is 8.78 Å². The maximum atomic E-state index is 11.5. The summed E-state index contributed by atoms with van der Waals surface area (Å²) >= 11 is 0. The summed E-state index contributed by atoms with van der Waals surface area (Å²) in [6.07, 6.45) is -2.03. The minimum absolute atomic E-state index is 0. The molecule has 0 aromatic carbocycles. The van der Waals surface area contributed by atoms with Crippen LogP contribution >= 0.6 is 12.4 Å². The van der Waals surface area contributed by atoms with E-state index < -0.39 is 6.43 Å². The molecular weight excluding hydrogens is 148 g/mol. The molecule has 1 aliphatic heterocycles. The molecule has 1 aliphatic rings. The van der Waals surface area contributed by atoms with E-state index in [1.54, 1.807) is 0 Å². The van der Waals surface area contributed by atoms with Crippen molar-refractivity contribution in [2.24, 2.45) is 5.92 Å². The minimum atomic E-state index is -2.11. The summed E-state index contributed by atoms with van der Waals surface area (Å²) in [7, 11) is 0. The van der Waals surface area contributed by atoms with E-state index in [2.05, 4.69) is 5.32 Å². The zero-order chi connectivity index (χ0) is 5.98. The Balaban J connectivity index is 0.000000640. The van der Waals surface area contributed by atoms with Crippen molar-refractivity contribution in [3.05, 3.63) is 0 Å². The van der Waals surface area contributed by atoms with Crippen LogP contribution < -0.4 is 5.32 Å². The summed E-state index contributed by atoms with van der Waals surface area (Å²) in [4.78, 5) is 0. The highest BCUT2D eigenvalue weighted by atomic mass is 35.5. The van der Waals surface area contributed by atoms with Gasteiger partial charge in [-0.2, -0.15) is 0 Å². The molecule has 1 saturated heterocycles. The SMILES string of the molecule is Cl.FC(F)CC1CNC1. The van der Waals surface area contributed by atoms with E-state index >= 15 is 0 Å². The number of alkyl halides is 2. The van der Waals surface area contributed by atoms with Crippen LogP contribution in [0.5, 0.6) is 0 Å². The Hall–Kier alpha value is 0.110. The highest BCUT2D eigenvalue weighted by Gasteiger charge is 2.20. The first-order chi connectivity index (χ1) is 3.79. The van der Waals surface area contributed by atoms with Crippen LogP contribution in [0.4, 0.5) is 8.78 Å². The smallest absolute Gasteiger partial charge is 0.239 e. The average Bonchev–Trinajstić information content (AvgIpc) is 1.55. The van der Waals surface area contributed by atoms with Crippen molar-refractivity contribution in [2.45, 2.75) is 12.8 Å². The Kier molecular flexibility index (Phi) is 4.06. The fourth-order valence-corrected chi connectivity index (χ4v) is 0.767. The topological polar surface area (TPSA) is 12.0 Å². The number of rotatable bonds is 2. The molecule has 0 aliphatic carbocycles. The first kappa shape index (κ1) is 9.11. The van der Waals surface area contributed by atoms with Crippen molar-refractivity contribution in [1.82, 2.24) is 5.32 Å². The summed E-state index contributed by atoms with van der Waals surface area (Å²) in [6, 6.07) is 0. The Morgan fingerprint density at radius 3 is 2.11 bits per heavy atom. The van der Waals surface area contributed by atoms with Gasteiger partial charge in [0.2, 0.25) is 6.43 Å². The molecule has 1 N–H and O–H groups in total. The molecule has 56 valence electrons. The lowest BCUT2D eigenvalue weighted by molar-refractivity contribution is 0.0998. The molecule has 0 spiro atoms. The van der Waals surface area contributed by atoms with Gasteiger partial charge < -0.3 is 5.32 Å². The first-order valence-corrected chi connectivity index (χ1v) is 2.78. The third-order valence-electron chi connectivity index (χ3n) is 1.38. The summed E-state index contributed by atoms with van der Waals surface area (Å²) in [6.45, 7) is 1.56. The van der Waals surface area contributed by atoms with Gasteiger partial charge in [0.1, 0.15) is 0 Å². The van der Waals surface area contributed by atoms with Crippen molar-refractivity contribution in [3.8, 4) is 0 Å². The maximum Gasteiger partial charge on any atom is 0.239 e. The zero-order valence-corrected chi connectivity index (χ0v) is 5.76. The minimum Gasteiger partial charge on any atom is -0.316 e. The van der Waals surface area contributed by atoms with Gasteiger partial charge in [-0.3, -0.25) is 0 Å². The molecule has 1 nitrogen and oxygen atoms in total. The Morgan fingerprint density at radius 2 is 2.00 bits per heavy atom. The lowest BCUT2D eigenvalue weighted by atomic mass is 10.0. The monoisotopic (exact) mass is 157 g/mol. The predicted octanol–water partition coefficient (Wildman–Crippen LogP) is 1.28.